The number of esters is 1. The normalized spacial score (nSPS) is 11.6. The largest absolute Gasteiger partial charge is 0.469 e. The highest BCUT2D eigenvalue weighted by molar-refractivity contribution is 5.85. The summed E-state index contributed by atoms with van der Waals surface area (Å²) in [6.07, 6.45) is 0.886. The number of rotatable bonds is 6. The van der Waals surface area contributed by atoms with Crippen molar-refractivity contribution in [2.45, 2.75) is 32.7 Å². The van der Waals surface area contributed by atoms with Crippen LogP contribution in [-0.4, -0.2) is 31.6 Å². The number of amides is 1. The van der Waals surface area contributed by atoms with E-state index in [9.17, 15) is 9.59 Å². The lowest BCUT2D eigenvalue weighted by Gasteiger charge is -2.14. The van der Waals surface area contributed by atoms with Crippen LogP contribution in [0.5, 0.6) is 0 Å². The van der Waals surface area contributed by atoms with Gasteiger partial charge in [0, 0.05) is 13.0 Å². The first-order valence-electron chi connectivity index (χ1n) is 5.09. The first-order valence-corrected chi connectivity index (χ1v) is 5.09. The molecule has 1 atom stereocenters. The summed E-state index contributed by atoms with van der Waals surface area (Å²) in [7, 11) is 1.34. The van der Waals surface area contributed by atoms with E-state index >= 15 is 0 Å². The lowest BCUT2D eigenvalue weighted by atomic mass is 10.1. The minimum atomic E-state index is -0.483. The molecule has 5 nitrogen and oxygen atoms in total. The Balaban J connectivity index is 0. The van der Waals surface area contributed by atoms with Crippen LogP contribution < -0.4 is 11.1 Å². The maximum absolute atomic E-state index is 11.3. The van der Waals surface area contributed by atoms with Crippen molar-refractivity contribution in [3.8, 4) is 0 Å². The van der Waals surface area contributed by atoms with E-state index in [1.54, 1.807) is 0 Å². The van der Waals surface area contributed by atoms with Gasteiger partial charge in [-0.25, -0.2) is 0 Å². The van der Waals surface area contributed by atoms with Gasteiger partial charge >= 0.3 is 5.97 Å². The molecule has 0 fully saturated rings. The number of ether oxygens (including phenoxy) is 1. The third-order valence-electron chi connectivity index (χ3n) is 2.11. The Hall–Kier alpha value is -0.810. The van der Waals surface area contributed by atoms with E-state index < -0.39 is 6.04 Å². The van der Waals surface area contributed by atoms with Gasteiger partial charge in [0.1, 0.15) is 0 Å². The van der Waals surface area contributed by atoms with Gasteiger partial charge in [0.25, 0.3) is 0 Å². The van der Waals surface area contributed by atoms with Crippen LogP contribution >= 0.6 is 12.4 Å². The fourth-order valence-electron chi connectivity index (χ4n) is 0.967. The van der Waals surface area contributed by atoms with Crippen molar-refractivity contribution in [3.63, 3.8) is 0 Å². The van der Waals surface area contributed by atoms with E-state index in [2.05, 4.69) is 10.1 Å². The lowest BCUT2D eigenvalue weighted by Crippen LogP contribution is -2.44. The van der Waals surface area contributed by atoms with Crippen LogP contribution in [0.25, 0.3) is 0 Å². The molecule has 0 saturated heterocycles. The van der Waals surface area contributed by atoms with Crippen molar-refractivity contribution in [3.05, 3.63) is 0 Å². The minimum absolute atomic E-state index is 0. The number of hydrogen-bond acceptors (Lipinski definition) is 4. The van der Waals surface area contributed by atoms with Gasteiger partial charge in [-0.1, -0.05) is 13.8 Å². The van der Waals surface area contributed by atoms with Gasteiger partial charge in [-0.15, -0.1) is 12.4 Å². The summed E-state index contributed by atoms with van der Waals surface area (Å²) in [6.45, 7) is 4.23. The van der Waals surface area contributed by atoms with Gasteiger partial charge in [-0.05, 0) is 12.3 Å². The number of nitrogens with one attached hydrogen (secondary N) is 1. The number of carbonyl (C=O) groups excluding carboxylic acids is 2. The number of halogens is 1. The Morgan fingerprint density at radius 3 is 2.38 bits per heavy atom. The maximum atomic E-state index is 11.3. The highest BCUT2D eigenvalue weighted by Crippen LogP contribution is 1.98. The third-order valence-corrected chi connectivity index (χ3v) is 2.11. The maximum Gasteiger partial charge on any atom is 0.305 e. The van der Waals surface area contributed by atoms with Crippen molar-refractivity contribution in [1.29, 1.82) is 0 Å². The summed E-state index contributed by atoms with van der Waals surface area (Å²) in [5.41, 5.74) is 5.62. The summed E-state index contributed by atoms with van der Waals surface area (Å²) in [6, 6.07) is -0.483. The van der Waals surface area contributed by atoms with E-state index in [-0.39, 0.29) is 30.2 Å². The number of carbonyl (C=O) groups is 2. The first-order chi connectivity index (χ1) is 6.99. The molecule has 1 amide bonds. The second kappa shape index (κ2) is 9.42. The molecule has 0 aromatic rings. The van der Waals surface area contributed by atoms with Gasteiger partial charge in [0.05, 0.1) is 13.2 Å². The Bertz CT molecular complexity index is 222. The molecule has 6 heteroatoms. The summed E-state index contributed by atoms with van der Waals surface area (Å²) in [5, 5.41) is 2.67. The Morgan fingerprint density at radius 2 is 1.94 bits per heavy atom. The van der Waals surface area contributed by atoms with Gasteiger partial charge in [0.2, 0.25) is 5.91 Å². The van der Waals surface area contributed by atoms with Crippen molar-refractivity contribution in [1.82, 2.24) is 5.32 Å². The molecule has 0 heterocycles. The Kier molecular flexibility index (Phi) is 10.3. The standard InChI is InChI=1S/C10H20N2O3.ClH/c1-7(2)9(11)10(14)12-6-4-5-8(13)15-3;/h7,9H,4-6,11H2,1-3H3,(H,12,14);1H/t9-;/m0./s1. The highest BCUT2D eigenvalue weighted by Gasteiger charge is 2.16. The minimum Gasteiger partial charge on any atom is -0.469 e. The molecule has 0 unspecified atom stereocenters. The quantitative estimate of drug-likeness (QED) is 0.532. The van der Waals surface area contributed by atoms with Crippen molar-refractivity contribution < 1.29 is 14.3 Å². The van der Waals surface area contributed by atoms with Gasteiger partial charge in [0.15, 0.2) is 0 Å². The summed E-state index contributed by atoms with van der Waals surface area (Å²) in [5.74, 6) is -0.321. The predicted octanol–water partition coefficient (Wildman–Crippen LogP) is 0.461. The summed E-state index contributed by atoms with van der Waals surface area (Å²) in [4.78, 5) is 22.1. The molecule has 0 aliphatic rings. The summed E-state index contributed by atoms with van der Waals surface area (Å²) >= 11 is 0. The molecule has 16 heavy (non-hydrogen) atoms. The van der Waals surface area contributed by atoms with Crippen LogP contribution in [0.15, 0.2) is 0 Å². The van der Waals surface area contributed by atoms with E-state index in [1.807, 2.05) is 13.8 Å². The van der Waals surface area contributed by atoms with Crippen LogP contribution in [-0.2, 0) is 14.3 Å². The fraction of sp³-hybridized carbons (Fsp3) is 0.800. The van der Waals surface area contributed by atoms with Crippen LogP contribution in [0.2, 0.25) is 0 Å². The van der Waals surface area contributed by atoms with Gasteiger partial charge in [-0.2, -0.15) is 0 Å². The van der Waals surface area contributed by atoms with Crippen LogP contribution in [0.3, 0.4) is 0 Å². The second-order valence-electron chi connectivity index (χ2n) is 3.74. The van der Waals surface area contributed by atoms with Crippen LogP contribution in [0.1, 0.15) is 26.7 Å². The average Bonchev–Trinajstić information content (AvgIpc) is 2.22. The molecule has 0 aromatic carbocycles. The number of nitrogens with two attached hydrogens (primary N) is 1. The van der Waals surface area contributed by atoms with E-state index in [4.69, 9.17) is 5.73 Å². The molecular formula is C10H21ClN2O3. The average molecular weight is 253 g/mol. The Labute approximate surface area is 103 Å². The topological polar surface area (TPSA) is 81.4 Å². The van der Waals surface area contributed by atoms with Crippen molar-refractivity contribution in [2.75, 3.05) is 13.7 Å². The van der Waals surface area contributed by atoms with Gasteiger partial charge in [-0.3, -0.25) is 9.59 Å². The molecule has 0 aliphatic carbocycles. The van der Waals surface area contributed by atoms with Crippen LogP contribution in [0, 0.1) is 5.92 Å². The number of hydrogen-bond donors (Lipinski definition) is 2. The monoisotopic (exact) mass is 252 g/mol. The van der Waals surface area contributed by atoms with E-state index in [1.165, 1.54) is 7.11 Å². The zero-order valence-corrected chi connectivity index (χ0v) is 10.8. The smallest absolute Gasteiger partial charge is 0.305 e. The molecule has 3 N–H and O–H groups in total. The number of methoxy groups -OCH3 is 1. The van der Waals surface area contributed by atoms with Crippen molar-refractivity contribution >= 4 is 24.3 Å². The van der Waals surface area contributed by atoms with E-state index in [0.29, 0.717) is 19.4 Å². The molecule has 0 bridgehead atoms. The molecular weight excluding hydrogens is 232 g/mol. The second-order valence-corrected chi connectivity index (χ2v) is 3.74. The molecule has 0 spiro atoms. The van der Waals surface area contributed by atoms with E-state index in [0.717, 1.165) is 0 Å². The molecule has 96 valence electrons. The zero-order chi connectivity index (χ0) is 11.8. The molecule has 0 saturated carbocycles. The molecule has 0 rings (SSSR count). The van der Waals surface area contributed by atoms with Crippen molar-refractivity contribution in [2.24, 2.45) is 11.7 Å². The molecule has 0 aliphatic heterocycles. The third kappa shape index (κ3) is 7.48. The zero-order valence-electron chi connectivity index (χ0n) is 9.99. The fourth-order valence-corrected chi connectivity index (χ4v) is 0.967. The van der Waals surface area contributed by atoms with Crippen LogP contribution in [0.4, 0.5) is 0 Å². The summed E-state index contributed by atoms with van der Waals surface area (Å²) < 4.78 is 4.47. The Morgan fingerprint density at radius 1 is 1.38 bits per heavy atom. The molecule has 0 aromatic heterocycles. The van der Waals surface area contributed by atoms with Gasteiger partial charge < -0.3 is 15.8 Å². The first kappa shape index (κ1) is 17.6. The SMILES string of the molecule is COC(=O)CCCNC(=O)[C@@H](N)C(C)C.Cl. The molecule has 0 radical (unpaired) electrons. The highest BCUT2D eigenvalue weighted by atomic mass is 35.5. The lowest BCUT2D eigenvalue weighted by molar-refractivity contribution is -0.140. The predicted molar refractivity (Wildman–Crippen MR) is 64.3 cm³/mol.